The molecule has 11 nitrogen and oxygen atoms in total. The molecule has 178 valence electrons. The fraction of sp³-hybridized carbons (Fsp3) is 0.227. The van der Waals surface area contributed by atoms with Crippen LogP contribution in [0.15, 0.2) is 47.6 Å². The van der Waals surface area contributed by atoms with E-state index in [1.165, 1.54) is 50.2 Å². The molecule has 1 heterocycles. The summed E-state index contributed by atoms with van der Waals surface area (Å²) >= 11 is 1.17. The summed E-state index contributed by atoms with van der Waals surface area (Å²) in [6.07, 6.45) is 0. The zero-order chi connectivity index (χ0) is 24.7. The third-order valence-corrected chi connectivity index (χ3v) is 5.73. The maximum Gasteiger partial charge on any atom is 0.251 e. The van der Waals surface area contributed by atoms with Crippen molar-refractivity contribution in [1.82, 2.24) is 20.1 Å². The molecule has 0 atom stereocenters. The highest BCUT2D eigenvalue weighted by Gasteiger charge is 2.15. The number of carboxylic acids is 1. The molecule has 0 aliphatic heterocycles. The van der Waals surface area contributed by atoms with Gasteiger partial charge in [0.1, 0.15) is 0 Å². The Hall–Kier alpha value is -4.06. The number of ether oxygens (including phenoxy) is 2. The number of benzene rings is 2. The number of hydrogen-bond donors (Lipinski definition) is 2. The van der Waals surface area contributed by atoms with Gasteiger partial charge in [0.2, 0.25) is 5.91 Å². The number of carbonyl (C=O) groups is 3. The summed E-state index contributed by atoms with van der Waals surface area (Å²) in [6.45, 7) is 0.133. The second-order valence-corrected chi connectivity index (χ2v) is 7.85. The van der Waals surface area contributed by atoms with Gasteiger partial charge < -0.3 is 34.6 Å². The molecular formula is C22H22N5O6S-. The van der Waals surface area contributed by atoms with Gasteiger partial charge in [-0.25, -0.2) is 0 Å². The first-order chi connectivity index (χ1) is 16.3. The van der Waals surface area contributed by atoms with E-state index in [0.717, 1.165) is 0 Å². The van der Waals surface area contributed by atoms with E-state index >= 15 is 0 Å². The van der Waals surface area contributed by atoms with Gasteiger partial charge in [-0.15, -0.1) is 10.2 Å². The highest BCUT2D eigenvalue weighted by Crippen LogP contribution is 2.27. The van der Waals surface area contributed by atoms with Gasteiger partial charge >= 0.3 is 0 Å². The van der Waals surface area contributed by atoms with Crippen LogP contribution < -0.4 is 25.2 Å². The molecule has 0 saturated heterocycles. The number of rotatable bonds is 10. The Morgan fingerprint density at radius 3 is 2.32 bits per heavy atom. The second kappa shape index (κ2) is 11.2. The maximum atomic E-state index is 12.5. The van der Waals surface area contributed by atoms with E-state index in [2.05, 4.69) is 20.8 Å². The number of aromatic nitrogens is 3. The molecule has 0 radical (unpaired) electrons. The Kier molecular flexibility index (Phi) is 8.09. The molecule has 0 saturated carbocycles. The lowest BCUT2D eigenvalue weighted by Crippen LogP contribution is -2.24. The summed E-state index contributed by atoms with van der Waals surface area (Å²) in [4.78, 5) is 35.5. The number of anilines is 1. The van der Waals surface area contributed by atoms with Crippen molar-refractivity contribution < 1.29 is 29.0 Å². The number of nitrogens with one attached hydrogen (secondary N) is 2. The lowest BCUT2D eigenvalue weighted by molar-refractivity contribution is -0.255. The quantitative estimate of drug-likeness (QED) is 0.400. The number of carboxylic acid groups (broad SMARTS) is 1. The summed E-state index contributed by atoms with van der Waals surface area (Å²) in [7, 11) is 4.74. The van der Waals surface area contributed by atoms with Gasteiger partial charge in [0.15, 0.2) is 22.5 Å². The van der Waals surface area contributed by atoms with Crippen LogP contribution in [0.3, 0.4) is 0 Å². The molecule has 0 fully saturated rings. The van der Waals surface area contributed by atoms with E-state index in [1.807, 2.05) is 0 Å². The molecule has 1 aromatic heterocycles. The molecule has 3 aromatic rings. The Morgan fingerprint density at radius 1 is 1.00 bits per heavy atom. The van der Waals surface area contributed by atoms with Crippen molar-refractivity contribution >= 4 is 35.2 Å². The molecule has 0 aliphatic carbocycles. The van der Waals surface area contributed by atoms with Crippen LogP contribution in [-0.4, -0.2) is 52.5 Å². The van der Waals surface area contributed by atoms with Gasteiger partial charge in [0, 0.05) is 18.3 Å². The molecule has 2 N–H and O–H groups in total. The van der Waals surface area contributed by atoms with Crippen LogP contribution in [0.25, 0.3) is 0 Å². The van der Waals surface area contributed by atoms with Crippen LogP contribution >= 0.6 is 11.8 Å². The third kappa shape index (κ3) is 6.04. The van der Waals surface area contributed by atoms with Gasteiger partial charge in [0.05, 0.1) is 32.5 Å². The van der Waals surface area contributed by atoms with E-state index in [9.17, 15) is 19.5 Å². The van der Waals surface area contributed by atoms with Crippen molar-refractivity contribution in [3.8, 4) is 11.5 Å². The normalized spacial score (nSPS) is 10.4. The number of carbonyl (C=O) groups excluding carboxylic acids is 3. The van der Waals surface area contributed by atoms with Gasteiger partial charge in [-0.3, -0.25) is 9.59 Å². The fourth-order valence-electron chi connectivity index (χ4n) is 2.88. The molecule has 0 unspecified atom stereocenters. The van der Waals surface area contributed by atoms with Crippen molar-refractivity contribution in [2.45, 2.75) is 11.7 Å². The Bertz CT molecular complexity index is 1190. The fourth-order valence-corrected chi connectivity index (χ4v) is 3.61. The number of hydrogen-bond acceptors (Lipinski definition) is 9. The molecule has 0 bridgehead atoms. The molecule has 0 spiro atoms. The number of amides is 2. The Labute approximate surface area is 199 Å². The van der Waals surface area contributed by atoms with E-state index in [1.54, 1.807) is 29.8 Å². The summed E-state index contributed by atoms with van der Waals surface area (Å²) in [5, 5.41) is 24.9. The van der Waals surface area contributed by atoms with Crippen LogP contribution in [0.2, 0.25) is 0 Å². The molecule has 2 aromatic carbocycles. The van der Waals surface area contributed by atoms with Crippen molar-refractivity contribution in [2.24, 2.45) is 7.05 Å². The first kappa shape index (κ1) is 24.6. The van der Waals surface area contributed by atoms with Crippen molar-refractivity contribution in [3.05, 3.63) is 59.4 Å². The van der Waals surface area contributed by atoms with Gasteiger partial charge in [0.25, 0.3) is 5.91 Å². The molecule has 0 aliphatic rings. The molecule has 3 rings (SSSR count). The third-order valence-electron chi connectivity index (χ3n) is 4.71. The predicted molar refractivity (Wildman–Crippen MR) is 122 cm³/mol. The minimum absolute atomic E-state index is 0.0252. The largest absolute Gasteiger partial charge is 0.545 e. The van der Waals surface area contributed by atoms with Gasteiger partial charge in [-0.1, -0.05) is 23.9 Å². The molecular weight excluding hydrogens is 462 g/mol. The minimum atomic E-state index is -1.29. The topological polar surface area (TPSA) is 148 Å². The average molecular weight is 485 g/mol. The van der Waals surface area contributed by atoms with E-state index < -0.39 is 5.97 Å². The van der Waals surface area contributed by atoms with E-state index in [4.69, 9.17) is 9.47 Å². The zero-order valence-corrected chi connectivity index (χ0v) is 19.5. The maximum absolute atomic E-state index is 12.5. The Morgan fingerprint density at radius 2 is 1.68 bits per heavy atom. The average Bonchev–Trinajstić information content (AvgIpc) is 3.20. The van der Waals surface area contributed by atoms with E-state index in [0.29, 0.717) is 33.7 Å². The number of nitrogens with zero attached hydrogens (tertiary/aromatic N) is 3. The second-order valence-electron chi connectivity index (χ2n) is 6.91. The summed E-state index contributed by atoms with van der Waals surface area (Å²) in [5.74, 6) is -0.360. The SMILES string of the molecule is COc1ccc(C(=O)NCc2nnc(SCC(=O)Nc3ccc(C(=O)[O-])cc3)n2C)cc1OC. The first-order valence-electron chi connectivity index (χ1n) is 9.95. The summed E-state index contributed by atoms with van der Waals surface area (Å²) < 4.78 is 12.1. The zero-order valence-electron chi connectivity index (χ0n) is 18.7. The van der Waals surface area contributed by atoms with Crippen molar-refractivity contribution in [2.75, 3.05) is 25.3 Å². The van der Waals surface area contributed by atoms with Crippen LogP contribution in [0.1, 0.15) is 26.5 Å². The van der Waals surface area contributed by atoms with Crippen LogP contribution in [0.5, 0.6) is 11.5 Å². The first-order valence-corrected chi connectivity index (χ1v) is 10.9. The minimum Gasteiger partial charge on any atom is -0.545 e. The standard InChI is InChI=1S/C22H23N5O6S/c1-27-18(11-23-20(29)14-6-9-16(32-2)17(10-14)33-3)25-26-22(27)34-12-19(28)24-15-7-4-13(5-8-15)21(30)31/h4-10H,11-12H2,1-3H3,(H,23,29)(H,24,28)(H,30,31)/p-1. The van der Waals surface area contributed by atoms with Crippen LogP contribution in [0, 0.1) is 0 Å². The monoisotopic (exact) mass is 484 g/mol. The number of methoxy groups -OCH3 is 2. The van der Waals surface area contributed by atoms with Crippen molar-refractivity contribution in [3.63, 3.8) is 0 Å². The molecule has 12 heteroatoms. The smallest absolute Gasteiger partial charge is 0.251 e. The number of thioether (sulfide) groups is 1. The summed E-state index contributed by atoms with van der Waals surface area (Å²) in [6, 6.07) is 10.5. The predicted octanol–water partition coefficient (Wildman–Crippen LogP) is 0.857. The van der Waals surface area contributed by atoms with Crippen molar-refractivity contribution in [1.29, 1.82) is 0 Å². The summed E-state index contributed by atoms with van der Waals surface area (Å²) in [5.41, 5.74) is 0.892. The number of aromatic carboxylic acids is 1. The molecule has 2 amide bonds. The van der Waals surface area contributed by atoms with E-state index in [-0.39, 0.29) is 29.7 Å². The van der Waals surface area contributed by atoms with Crippen LogP contribution in [-0.2, 0) is 18.4 Å². The highest BCUT2D eigenvalue weighted by atomic mass is 32.2. The lowest BCUT2D eigenvalue weighted by atomic mass is 10.2. The van der Waals surface area contributed by atoms with Gasteiger partial charge in [-0.2, -0.15) is 0 Å². The van der Waals surface area contributed by atoms with Gasteiger partial charge in [-0.05, 0) is 35.9 Å². The Balaban J connectivity index is 1.53. The molecule has 34 heavy (non-hydrogen) atoms. The highest BCUT2D eigenvalue weighted by molar-refractivity contribution is 7.99. The lowest BCUT2D eigenvalue weighted by Gasteiger charge is -2.10. The van der Waals surface area contributed by atoms with Crippen LogP contribution in [0.4, 0.5) is 5.69 Å².